The van der Waals surface area contributed by atoms with Crippen molar-refractivity contribution in [2.24, 2.45) is 0 Å². The molecule has 0 aromatic heterocycles. The molecule has 4 heteroatoms. The first kappa shape index (κ1) is 10.7. The average Bonchev–Trinajstić information content (AvgIpc) is 2.18. The van der Waals surface area contributed by atoms with Gasteiger partial charge in [-0.3, -0.25) is 0 Å². The van der Waals surface area contributed by atoms with Gasteiger partial charge < -0.3 is 9.90 Å². The smallest absolute Gasteiger partial charge is 0.105 e. The van der Waals surface area contributed by atoms with Gasteiger partial charge in [-0.1, -0.05) is 40.2 Å². The molecule has 72 valence electrons. The van der Waals surface area contributed by atoms with Crippen LogP contribution in [0.5, 0.6) is 0 Å². The Kier molecular flexibility index (Phi) is 3.66. The zero-order valence-corrected chi connectivity index (χ0v) is 8.82. The Morgan fingerprint density at radius 2 is 2.21 bits per heavy atom. The summed E-state index contributed by atoms with van der Waals surface area (Å²) in [4.78, 5) is 10.3. The van der Waals surface area contributed by atoms with E-state index in [1.807, 2.05) is 6.07 Å². The number of carbonyl (C=O) groups excluding carboxylic acids is 1. The fraction of sp³-hybridized carbons (Fsp3) is 0.200. The minimum absolute atomic E-state index is 0.146. The summed E-state index contributed by atoms with van der Waals surface area (Å²) >= 11 is 3.12. The fourth-order valence-electron chi connectivity index (χ4n) is 1.14. The number of rotatable bonds is 3. The Labute approximate surface area is 90.1 Å². The van der Waals surface area contributed by atoms with E-state index < -0.39 is 5.97 Å². The van der Waals surface area contributed by atoms with Gasteiger partial charge in [-0.15, -0.1) is 0 Å². The monoisotopic (exact) mass is 252 g/mol. The summed E-state index contributed by atoms with van der Waals surface area (Å²) in [5, 5.41) is 19.2. The van der Waals surface area contributed by atoms with E-state index in [2.05, 4.69) is 15.9 Å². The van der Waals surface area contributed by atoms with Crippen molar-refractivity contribution in [3.8, 4) is 6.07 Å². The minimum atomic E-state index is -1.21. The van der Waals surface area contributed by atoms with E-state index in [1.54, 1.807) is 18.2 Å². The van der Waals surface area contributed by atoms with Crippen LogP contribution < -0.4 is 5.11 Å². The molecule has 0 fully saturated rings. The molecule has 14 heavy (non-hydrogen) atoms. The minimum Gasteiger partial charge on any atom is -0.545 e. The third-order valence-corrected chi connectivity index (χ3v) is 2.30. The van der Waals surface area contributed by atoms with Crippen molar-refractivity contribution in [1.82, 2.24) is 0 Å². The number of carboxylic acids is 1. The molecule has 0 amide bonds. The highest BCUT2D eigenvalue weighted by atomic mass is 79.9. The van der Waals surface area contributed by atoms with E-state index in [9.17, 15) is 9.90 Å². The van der Waals surface area contributed by atoms with Crippen LogP contribution >= 0.6 is 15.9 Å². The molecule has 0 saturated carbocycles. The molecule has 1 aromatic carbocycles. The van der Waals surface area contributed by atoms with Crippen LogP contribution in [0.15, 0.2) is 24.3 Å². The van der Waals surface area contributed by atoms with E-state index in [4.69, 9.17) is 5.26 Å². The molecule has 0 aliphatic heterocycles. The Balaban J connectivity index is 2.97. The summed E-state index contributed by atoms with van der Waals surface area (Å²) < 4.78 is 0. The molecule has 0 heterocycles. The van der Waals surface area contributed by atoms with Crippen LogP contribution in [0.2, 0.25) is 0 Å². The lowest BCUT2D eigenvalue weighted by Gasteiger charge is -2.09. The average molecular weight is 253 g/mol. The van der Waals surface area contributed by atoms with Gasteiger partial charge in [0.05, 0.1) is 12.0 Å². The number of hydrogen-bond donors (Lipinski definition) is 0. The second-order valence-corrected chi connectivity index (χ2v) is 3.85. The van der Waals surface area contributed by atoms with Crippen molar-refractivity contribution >= 4 is 21.9 Å². The molecule has 1 rings (SSSR count). The van der Waals surface area contributed by atoms with Crippen LogP contribution in [0.3, 0.4) is 0 Å². The Bertz CT molecular complexity index is 384. The second kappa shape index (κ2) is 4.77. The number of hydrogen-bond acceptors (Lipinski definition) is 3. The summed E-state index contributed by atoms with van der Waals surface area (Å²) in [5.41, 5.74) is 0.753. The Hall–Kier alpha value is -1.34. The zero-order chi connectivity index (χ0) is 10.6. The Morgan fingerprint density at radius 3 is 2.79 bits per heavy atom. The predicted octanol–water partition coefficient (Wildman–Crippen LogP) is 0.880. The number of carboxylic acid groups (broad SMARTS) is 1. The molecule has 0 aliphatic carbocycles. The number of nitriles is 1. The van der Waals surface area contributed by atoms with Gasteiger partial charge in [0.2, 0.25) is 0 Å². The third kappa shape index (κ3) is 2.57. The van der Waals surface area contributed by atoms with Crippen LogP contribution in [-0.2, 0) is 6.42 Å². The maximum absolute atomic E-state index is 10.7. The van der Waals surface area contributed by atoms with Crippen molar-refractivity contribution in [3.05, 3.63) is 35.4 Å². The third-order valence-electron chi connectivity index (χ3n) is 1.78. The maximum atomic E-state index is 10.7. The molecule has 0 N–H and O–H groups in total. The molecule has 1 atom stereocenters. The number of nitrogens with zero attached hydrogens (tertiary/aromatic N) is 1. The zero-order valence-electron chi connectivity index (χ0n) is 7.24. The van der Waals surface area contributed by atoms with Crippen molar-refractivity contribution in [1.29, 1.82) is 5.26 Å². The summed E-state index contributed by atoms with van der Waals surface area (Å²) in [7, 11) is 0. The lowest BCUT2D eigenvalue weighted by molar-refractivity contribution is -0.255. The Morgan fingerprint density at radius 1 is 1.57 bits per heavy atom. The molecule has 0 unspecified atom stereocenters. The van der Waals surface area contributed by atoms with Gasteiger partial charge in [-0.25, -0.2) is 0 Å². The molecule has 0 aliphatic rings. The highest BCUT2D eigenvalue weighted by Gasteiger charge is 2.07. The standard InChI is InChI=1S/C10H8BrNO2/c11-8(6-12)5-7-3-1-2-4-9(7)10(13)14/h1-4,8H,5H2,(H,13,14)/p-1/t8-/m0/s1. The van der Waals surface area contributed by atoms with E-state index in [0.717, 1.165) is 0 Å². The molecule has 3 nitrogen and oxygen atoms in total. The van der Waals surface area contributed by atoms with Crippen molar-refractivity contribution in [3.63, 3.8) is 0 Å². The van der Waals surface area contributed by atoms with Crippen molar-refractivity contribution < 1.29 is 9.90 Å². The summed E-state index contributed by atoms with van der Waals surface area (Å²) in [5.74, 6) is -1.21. The quantitative estimate of drug-likeness (QED) is 0.751. The van der Waals surface area contributed by atoms with Crippen LogP contribution in [0, 0.1) is 11.3 Å². The van der Waals surface area contributed by atoms with Gasteiger partial charge in [0.25, 0.3) is 0 Å². The molecule has 0 spiro atoms. The van der Waals surface area contributed by atoms with Gasteiger partial charge in [0, 0.05) is 5.56 Å². The van der Waals surface area contributed by atoms with Gasteiger partial charge >= 0.3 is 0 Å². The summed E-state index contributed by atoms with van der Waals surface area (Å²) in [6.45, 7) is 0. The molecular weight excluding hydrogens is 246 g/mol. The van der Waals surface area contributed by atoms with Gasteiger partial charge in [-0.05, 0) is 12.0 Å². The van der Waals surface area contributed by atoms with Crippen LogP contribution in [-0.4, -0.2) is 10.8 Å². The SMILES string of the molecule is N#C[C@@H](Br)Cc1ccccc1C(=O)[O-]. The van der Waals surface area contributed by atoms with Crippen molar-refractivity contribution in [2.45, 2.75) is 11.2 Å². The van der Waals surface area contributed by atoms with Crippen LogP contribution in [0.4, 0.5) is 0 Å². The van der Waals surface area contributed by atoms with E-state index in [1.165, 1.54) is 6.07 Å². The first-order chi connectivity index (χ1) is 6.65. The van der Waals surface area contributed by atoms with Gasteiger partial charge in [0.1, 0.15) is 4.83 Å². The number of benzene rings is 1. The number of aromatic carboxylic acids is 1. The van der Waals surface area contributed by atoms with E-state index in [0.29, 0.717) is 12.0 Å². The molecule has 0 saturated heterocycles. The number of halogens is 1. The van der Waals surface area contributed by atoms with E-state index >= 15 is 0 Å². The summed E-state index contributed by atoms with van der Waals surface area (Å²) in [6.07, 6.45) is 0.362. The lowest BCUT2D eigenvalue weighted by Crippen LogP contribution is -2.24. The summed E-state index contributed by atoms with van der Waals surface area (Å²) in [6, 6.07) is 8.50. The largest absolute Gasteiger partial charge is 0.545 e. The number of carbonyl (C=O) groups is 1. The lowest BCUT2D eigenvalue weighted by atomic mass is 10.0. The molecule has 0 radical (unpaired) electrons. The van der Waals surface area contributed by atoms with Crippen molar-refractivity contribution in [2.75, 3.05) is 0 Å². The fourth-order valence-corrected chi connectivity index (χ4v) is 1.48. The van der Waals surface area contributed by atoms with Gasteiger partial charge in [0.15, 0.2) is 0 Å². The molecule has 1 aromatic rings. The predicted molar refractivity (Wildman–Crippen MR) is 52.8 cm³/mol. The van der Waals surface area contributed by atoms with E-state index in [-0.39, 0.29) is 10.4 Å². The molecular formula is C10H7BrNO2-. The number of alkyl halides is 1. The first-order valence-electron chi connectivity index (χ1n) is 3.98. The highest BCUT2D eigenvalue weighted by Crippen LogP contribution is 2.13. The van der Waals surface area contributed by atoms with Crippen LogP contribution in [0.1, 0.15) is 15.9 Å². The normalized spacial score (nSPS) is 11.7. The second-order valence-electron chi connectivity index (χ2n) is 2.75. The topological polar surface area (TPSA) is 63.9 Å². The van der Waals surface area contributed by atoms with Gasteiger partial charge in [-0.2, -0.15) is 5.26 Å². The molecule has 0 bridgehead atoms. The van der Waals surface area contributed by atoms with Crippen LogP contribution in [0.25, 0.3) is 0 Å². The first-order valence-corrected chi connectivity index (χ1v) is 4.89. The highest BCUT2D eigenvalue weighted by molar-refractivity contribution is 9.09. The maximum Gasteiger partial charge on any atom is 0.105 e.